The maximum absolute atomic E-state index is 13.3. The van der Waals surface area contributed by atoms with Gasteiger partial charge in [0.2, 0.25) is 0 Å². The number of carbonyl (C=O) groups excluding carboxylic acids is 1. The van der Waals surface area contributed by atoms with E-state index in [9.17, 15) is 4.79 Å². The number of hydrogen-bond donors (Lipinski definition) is 0. The predicted molar refractivity (Wildman–Crippen MR) is 123 cm³/mol. The number of ketones is 1. The Labute approximate surface area is 192 Å². The Bertz CT molecular complexity index is 872. The molecule has 4 aliphatic rings. The Morgan fingerprint density at radius 1 is 1.19 bits per heavy atom. The minimum Gasteiger partial charge on any atom is -0.384 e. The number of nitriles is 1. The highest BCUT2D eigenvalue weighted by Gasteiger charge is 2.58. The molecule has 3 unspecified atom stereocenters. The molecule has 4 fully saturated rings. The van der Waals surface area contributed by atoms with Crippen LogP contribution in [0.15, 0.2) is 12.4 Å². The maximum Gasteiger partial charge on any atom is 0.138 e. The number of aryl methyl sites for hydroxylation is 1. The Balaban J connectivity index is 1.23. The smallest absolute Gasteiger partial charge is 0.138 e. The van der Waals surface area contributed by atoms with Gasteiger partial charge in [0, 0.05) is 38.8 Å². The van der Waals surface area contributed by atoms with E-state index in [1.807, 2.05) is 7.11 Å². The number of methoxy groups -OCH3 is 1. The summed E-state index contributed by atoms with van der Waals surface area (Å²) in [5.74, 6) is 5.75. The number of fused-ring (bicyclic) bond motifs is 5. The lowest BCUT2D eigenvalue weighted by molar-refractivity contribution is -0.130. The van der Waals surface area contributed by atoms with Gasteiger partial charge in [-0.05, 0) is 98.7 Å². The summed E-state index contributed by atoms with van der Waals surface area (Å²) in [6.45, 7) is 3.99. The lowest BCUT2D eigenvalue weighted by Crippen LogP contribution is -2.49. The molecule has 0 aliphatic heterocycles. The number of carbonyl (C=O) groups is 1. The van der Waals surface area contributed by atoms with E-state index in [2.05, 4.69) is 18.1 Å². The van der Waals surface area contributed by atoms with Gasteiger partial charge in [0.15, 0.2) is 0 Å². The van der Waals surface area contributed by atoms with Gasteiger partial charge in [-0.25, -0.2) is 0 Å². The van der Waals surface area contributed by atoms with E-state index in [0.717, 1.165) is 48.5 Å². The first-order chi connectivity index (χ1) is 15.5. The van der Waals surface area contributed by atoms with Gasteiger partial charge < -0.3 is 4.74 Å². The molecular weight excluding hydrogens is 398 g/mol. The van der Waals surface area contributed by atoms with Crippen LogP contribution in [0.25, 0.3) is 0 Å². The van der Waals surface area contributed by atoms with E-state index in [1.165, 1.54) is 51.4 Å². The highest BCUT2D eigenvalue weighted by molar-refractivity contribution is 5.82. The van der Waals surface area contributed by atoms with Crippen molar-refractivity contribution in [3.63, 3.8) is 0 Å². The zero-order valence-corrected chi connectivity index (χ0v) is 19.8. The van der Waals surface area contributed by atoms with E-state index < -0.39 is 0 Å². The lowest BCUT2D eigenvalue weighted by Gasteiger charge is -2.56. The number of nitrogens with zero attached hydrogens (tertiary/aromatic N) is 3. The normalized spacial score (nSPS) is 40.7. The fourth-order valence-corrected chi connectivity index (χ4v) is 8.81. The molecule has 1 heterocycles. The Morgan fingerprint density at radius 2 is 2.03 bits per heavy atom. The monoisotopic (exact) mass is 437 g/mol. The topological polar surface area (TPSA) is 67.9 Å². The molecular formula is C27H39N3O2. The van der Waals surface area contributed by atoms with Crippen LogP contribution < -0.4 is 0 Å². The molecule has 8 atom stereocenters. The second kappa shape index (κ2) is 8.93. The third-order valence-electron chi connectivity index (χ3n) is 10.2. The molecule has 5 rings (SSSR count). The standard InChI is InChI=1S/C27H39N3O2/c1-27-11-9-22-21-5-3-18(17-32-2)13-20(21)4-6-23(22)24(27)7-8-25(27)26(31)10-12-30-16-19(14-28)15-29-30/h15-16,18,20-25H,3-13,17H2,1-2H3/t18-,20?,21-,22?,23+,24?,25+,27-/m0/s1. The summed E-state index contributed by atoms with van der Waals surface area (Å²) in [7, 11) is 1.85. The highest BCUT2D eigenvalue weighted by atomic mass is 16.5. The maximum atomic E-state index is 13.3. The predicted octanol–water partition coefficient (Wildman–Crippen LogP) is 5.25. The first-order valence-corrected chi connectivity index (χ1v) is 13.0. The third kappa shape index (κ3) is 3.83. The summed E-state index contributed by atoms with van der Waals surface area (Å²) >= 11 is 0. The Morgan fingerprint density at radius 3 is 2.81 bits per heavy atom. The Hall–Kier alpha value is -1.67. The van der Waals surface area contributed by atoms with Crippen LogP contribution in [-0.4, -0.2) is 29.3 Å². The second-order valence-electron chi connectivity index (χ2n) is 11.6. The zero-order chi connectivity index (χ0) is 22.3. The number of aromatic nitrogens is 2. The van der Waals surface area contributed by atoms with Gasteiger partial charge in [-0.1, -0.05) is 6.92 Å². The van der Waals surface area contributed by atoms with Crippen molar-refractivity contribution < 1.29 is 9.53 Å². The molecule has 0 saturated heterocycles. The van der Waals surface area contributed by atoms with Crippen molar-refractivity contribution in [2.75, 3.05) is 13.7 Å². The molecule has 0 amide bonds. The van der Waals surface area contributed by atoms with Crippen molar-refractivity contribution in [1.82, 2.24) is 9.78 Å². The minimum absolute atomic E-state index is 0.195. The molecule has 32 heavy (non-hydrogen) atoms. The first-order valence-electron chi connectivity index (χ1n) is 13.0. The molecule has 0 radical (unpaired) electrons. The van der Waals surface area contributed by atoms with E-state index in [4.69, 9.17) is 10.00 Å². The molecule has 0 bridgehead atoms. The molecule has 4 saturated carbocycles. The second-order valence-corrected chi connectivity index (χ2v) is 11.6. The summed E-state index contributed by atoms with van der Waals surface area (Å²) in [4.78, 5) is 13.3. The van der Waals surface area contributed by atoms with Gasteiger partial charge >= 0.3 is 0 Å². The molecule has 5 heteroatoms. The fraction of sp³-hybridized carbons (Fsp3) is 0.815. The van der Waals surface area contributed by atoms with Crippen molar-refractivity contribution >= 4 is 5.78 Å². The van der Waals surface area contributed by atoms with Gasteiger partial charge in [0.25, 0.3) is 0 Å². The largest absolute Gasteiger partial charge is 0.384 e. The van der Waals surface area contributed by atoms with Crippen molar-refractivity contribution in [1.29, 1.82) is 5.26 Å². The van der Waals surface area contributed by atoms with E-state index in [-0.39, 0.29) is 11.3 Å². The van der Waals surface area contributed by atoms with Crippen LogP contribution >= 0.6 is 0 Å². The number of rotatable bonds is 6. The average molecular weight is 438 g/mol. The first kappa shape index (κ1) is 22.1. The van der Waals surface area contributed by atoms with Gasteiger partial charge in [0.1, 0.15) is 11.9 Å². The summed E-state index contributed by atoms with van der Waals surface area (Å²) in [5, 5.41) is 13.2. The average Bonchev–Trinajstić information content (AvgIpc) is 3.41. The molecule has 5 nitrogen and oxygen atoms in total. The van der Waals surface area contributed by atoms with Crippen LogP contribution in [0.1, 0.15) is 76.7 Å². The van der Waals surface area contributed by atoms with Gasteiger partial charge in [-0.15, -0.1) is 0 Å². The minimum atomic E-state index is 0.195. The van der Waals surface area contributed by atoms with Gasteiger partial charge in [0.05, 0.1) is 11.8 Å². The molecule has 0 N–H and O–H groups in total. The molecule has 0 spiro atoms. The SMILES string of the molecule is COC[C@H]1CC[C@H]2C(CC[C@@H]3C2CC[C@@]2(C)C3CC[C@@H]2C(=O)CCn2cc(C#N)cn2)C1. The van der Waals surface area contributed by atoms with Crippen LogP contribution in [0, 0.1) is 58.2 Å². The number of hydrogen-bond acceptors (Lipinski definition) is 4. The van der Waals surface area contributed by atoms with Gasteiger partial charge in [-0.2, -0.15) is 10.4 Å². The fourth-order valence-electron chi connectivity index (χ4n) is 8.81. The molecule has 0 aromatic carbocycles. The van der Waals surface area contributed by atoms with Crippen LogP contribution in [0.4, 0.5) is 0 Å². The number of Topliss-reactive ketones (excluding diaryl/α,β-unsaturated/α-hetero) is 1. The zero-order valence-electron chi connectivity index (χ0n) is 19.8. The Kier molecular flexibility index (Phi) is 6.18. The molecule has 174 valence electrons. The quantitative estimate of drug-likeness (QED) is 0.610. The van der Waals surface area contributed by atoms with Crippen molar-refractivity contribution in [3.8, 4) is 6.07 Å². The summed E-state index contributed by atoms with van der Waals surface area (Å²) < 4.78 is 7.23. The number of ether oxygens (including phenoxy) is 1. The van der Waals surface area contributed by atoms with Crippen molar-refractivity contribution in [3.05, 3.63) is 18.0 Å². The van der Waals surface area contributed by atoms with Crippen LogP contribution in [0.5, 0.6) is 0 Å². The molecule has 1 aromatic heterocycles. The summed E-state index contributed by atoms with van der Waals surface area (Å²) in [6.07, 6.45) is 15.7. The van der Waals surface area contributed by atoms with Crippen LogP contribution in [0.2, 0.25) is 0 Å². The lowest BCUT2D eigenvalue weighted by atomic mass is 9.49. The summed E-state index contributed by atoms with van der Waals surface area (Å²) in [6, 6.07) is 2.11. The van der Waals surface area contributed by atoms with Crippen LogP contribution in [-0.2, 0) is 16.1 Å². The van der Waals surface area contributed by atoms with Crippen molar-refractivity contribution in [2.24, 2.45) is 46.8 Å². The van der Waals surface area contributed by atoms with E-state index in [0.29, 0.717) is 24.3 Å². The highest BCUT2D eigenvalue weighted by Crippen LogP contribution is 2.64. The third-order valence-corrected chi connectivity index (χ3v) is 10.2. The van der Waals surface area contributed by atoms with Crippen LogP contribution in [0.3, 0.4) is 0 Å². The molecule has 4 aliphatic carbocycles. The van der Waals surface area contributed by atoms with E-state index in [1.54, 1.807) is 17.1 Å². The summed E-state index contributed by atoms with van der Waals surface area (Å²) in [5.41, 5.74) is 0.760. The van der Waals surface area contributed by atoms with Gasteiger partial charge in [-0.3, -0.25) is 9.48 Å². The molecule has 1 aromatic rings. The van der Waals surface area contributed by atoms with E-state index >= 15 is 0 Å². The van der Waals surface area contributed by atoms with Crippen molar-refractivity contribution in [2.45, 2.75) is 77.7 Å².